The standard InChI is InChI=1S/C17H24F2N2O2/c1-3-23-11-13-6-7-21(10-13)17(22)20-9-12(2)15-5-4-14(18)8-16(15)19/h4-5,8,12-13H,3,6-7,9-11H2,1-2H3,(H,20,22)/t12-,13+/m0/s1. The second-order valence-corrected chi connectivity index (χ2v) is 6.01. The van der Waals surface area contributed by atoms with Gasteiger partial charge in [-0.3, -0.25) is 0 Å². The molecular weight excluding hydrogens is 302 g/mol. The molecule has 2 amide bonds. The van der Waals surface area contributed by atoms with Gasteiger partial charge in [-0.05, 0) is 25.0 Å². The molecule has 1 aromatic carbocycles. The number of amides is 2. The number of urea groups is 1. The van der Waals surface area contributed by atoms with Gasteiger partial charge in [0.15, 0.2) is 0 Å². The molecule has 6 heteroatoms. The Bertz CT molecular complexity index is 539. The summed E-state index contributed by atoms with van der Waals surface area (Å²) in [7, 11) is 0. The number of carbonyl (C=O) groups excluding carboxylic acids is 1. The maximum absolute atomic E-state index is 13.7. The van der Waals surface area contributed by atoms with Gasteiger partial charge in [-0.2, -0.15) is 0 Å². The van der Waals surface area contributed by atoms with Crippen LogP contribution in [0.2, 0.25) is 0 Å². The average molecular weight is 326 g/mol. The minimum Gasteiger partial charge on any atom is -0.381 e. The number of rotatable bonds is 6. The van der Waals surface area contributed by atoms with Crippen LogP contribution in [0.4, 0.5) is 13.6 Å². The van der Waals surface area contributed by atoms with E-state index in [1.165, 1.54) is 12.1 Å². The van der Waals surface area contributed by atoms with Crippen molar-refractivity contribution in [2.75, 3.05) is 32.8 Å². The third kappa shape index (κ3) is 4.89. The molecule has 1 heterocycles. The van der Waals surface area contributed by atoms with Crippen LogP contribution in [0.25, 0.3) is 0 Å². The molecule has 0 bridgehead atoms. The first-order chi connectivity index (χ1) is 11.0. The lowest BCUT2D eigenvalue weighted by atomic mass is 10.0. The Morgan fingerprint density at radius 3 is 2.96 bits per heavy atom. The van der Waals surface area contributed by atoms with E-state index < -0.39 is 11.6 Å². The van der Waals surface area contributed by atoms with Crippen molar-refractivity contribution >= 4 is 6.03 Å². The van der Waals surface area contributed by atoms with E-state index >= 15 is 0 Å². The molecule has 1 saturated heterocycles. The molecule has 0 spiro atoms. The number of likely N-dealkylation sites (tertiary alicyclic amines) is 1. The molecule has 0 aliphatic carbocycles. The van der Waals surface area contributed by atoms with Crippen LogP contribution in [-0.4, -0.2) is 43.8 Å². The summed E-state index contributed by atoms with van der Waals surface area (Å²) in [5, 5.41) is 2.83. The van der Waals surface area contributed by atoms with Crippen molar-refractivity contribution in [1.29, 1.82) is 0 Å². The van der Waals surface area contributed by atoms with Crippen LogP contribution >= 0.6 is 0 Å². The van der Waals surface area contributed by atoms with Crippen molar-refractivity contribution in [3.8, 4) is 0 Å². The first kappa shape index (κ1) is 17.7. The summed E-state index contributed by atoms with van der Waals surface area (Å²) in [6.45, 7) is 6.83. The molecule has 0 aromatic heterocycles. The van der Waals surface area contributed by atoms with Crippen LogP contribution in [0.3, 0.4) is 0 Å². The lowest BCUT2D eigenvalue weighted by Crippen LogP contribution is -2.40. The molecule has 1 N–H and O–H groups in total. The minimum atomic E-state index is -0.597. The van der Waals surface area contributed by atoms with Crippen LogP contribution in [0.15, 0.2) is 18.2 Å². The summed E-state index contributed by atoms with van der Waals surface area (Å²) in [6, 6.07) is 3.38. The van der Waals surface area contributed by atoms with Crippen molar-refractivity contribution in [2.24, 2.45) is 5.92 Å². The smallest absolute Gasteiger partial charge is 0.317 e. The number of halogens is 2. The van der Waals surface area contributed by atoms with E-state index in [1.54, 1.807) is 11.8 Å². The molecule has 1 fully saturated rings. The zero-order valence-electron chi connectivity index (χ0n) is 13.6. The molecule has 4 nitrogen and oxygen atoms in total. The van der Waals surface area contributed by atoms with Gasteiger partial charge in [-0.25, -0.2) is 13.6 Å². The predicted octanol–water partition coefficient (Wildman–Crippen LogP) is 3.14. The number of ether oxygens (including phenoxy) is 1. The van der Waals surface area contributed by atoms with E-state index in [-0.39, 0.29) is 11.9 Å². The Morgan fingerprint density at radius 1 is 1.48 bits per heavy atom. The highest BCUT2D eigenvalue weighted by Crippen LogP contribution is 2.20. The van der Waals surface area contributed by atoms with Gasteiger partial charge in [-0.1, -0.05) is 13.0 Å². The number of carbonyl (C=O) groups is 1. The zero-order chi connectivity index (χ0) is 16.8. The minimum absolute atomic E-state index is 0.140. The van der Waals surface area contributed by atoms with Crippen LogP contribution < -0.4 is 5.32 Å². The summed E-state index contributed by atoms with van der Waals surface area (Å²) in [4.78, 5) is 13.9. The first-order valence-electron chi connectivity index (χ1n) is 8.06. The van der Waals surface area contributed by atoms with Gasteiger partial charge in [0.1, 0.15) is 11.6 Å². The molecule has 0 radical (unpaired) electrons. The summed E-state index contributed by atoms with van der Waals surface area (Å²) >= 11 is 0. The monoisotopic (exact) mass is 326 g/mol. The van der Waals surface area contributed by atoms with Crippen LogP contribution in [0, 0.1) is 17.6 Å². The van der Waals surface area contributed by atoms with Gasteiger partial charge in [0.2, 0.25) is 0 Å². The Labute approximate surface area is 135 Å². The topological polar surface area (TPSA) is 41.6 Å². The lowest BCUT2D eigenvalue weighted by molar-refractivity contribution is 0.113. The lowest BCUT2D eigenvalue weighted by Gasteiger charge is -2.20. The van der Waals surface area contributed by atoms with Gasteiger partial charge in [0.05, 0.1) is 6.61 Å². The predicted molar refractivity (Wildman–Crippen MR) is 84.3 cm³/mol. The molecule has 2 rings (SSSR count). The third-order valence-electron chi connectivity index (χ3n) is 4.18. The third-order valence-corrected chi connectivity index (χ3v) is 4.18. The molecular formula is C17H24F2N2O2. The second-order valence-electron chi connectivity index (χ2n) is 6.01. The summed E-state index contributed by atoms with van der Waals surface area (Å²) in [5.74, 6) is -1.02. The number of hydrogen-bond donors (Lipinski definition) is 1. The van der Waals surface area contributed by atoms with Crippen molar-refractivity contribution in [2.45, 2.75) is 26.2 Å². The summed E-state index contributed by atoms with van der Waals surface area (Å²) in [5.41, 5.74) is 0.405. The quantitative estimate of drug-likeness (QED) is 0.872. The SMILES string of the molecule is CCOC[C@@H]1CCN(C(=O)NC[C@H](C)c2ccc(F)cc2F)C1. The van der Waals surface area contributed by atoms with Crippen molar-refractivity contribution in [3.05, 3.63) is 35.4 Å². The van der Waals surface area contributed by atoms with Crippen LogP contribution in [0.1, 0.15) is 31.7 Å². The Morgan fingerprint density at radius 2 is 2.26 bits per heavy atom. The maximum Gasteiger partial charge on any atom is 0.317 e. The molecule has 128 valence electrons. The largest absolute Gasteiger partial charge is 0.381 e. The second kappa shape index (κ2) is 8.24. The summed E-state index contributed by atoms with van der Waals surface area (Å²) < 4.78 is 32.0. The van der Waals surface area contributed by atoms with Gasteiger partial charge < -0.3 is 15.0 Å². The number of nitrogens with zero attached hydrogens (tertiary/aromatic N) is 1. The average Bonchev–Trinajstić information content (AvgIpc) is 2.99. The first-order valence-corrected chi connectivity index (χ1v) is 8.06. The highest BCUT2D eigenvalue weighted by molar-refractivity contribution is 5.74. The van der Waals surface area contributed by atoms with E-state index in [1.807, 2.05) is 6.92 Å². The zero-order valence-corrected chi connectivity index (χ0v) is 13.6. The van der Waals surface area contributed by atoms with Gasteiger partial charge >= 0.3 is 6.03 Å². The van der Waals surface area contributed by atoms with E-state index in [0.29, 0.717) is 44.3 Å². The highest BCUT2D eigenvalue weighted by atomic mass is 19.1. The van der Waals surface area contributed by atoms with E-state index in [0.717, 1.165) is 12.5 Å². The number of benzene rings is 1. The summed E-state index contributed by atoms with van der Waals surface area (Å²) in [6.07, 6.45) is 0.940. The van der Waals surface area contributed by atoms with Crippen LogP contribution in [-0.2, 0) is 4.74 Å². The van der Waals surface area contributed by atoms with Crippen LogP contribution in [0.5, 0.6) is 0 Å². The van der Waals surface area contributed by atoms with E-state index in [4.69, 9.17) is 4.74 Å². The van der Waals surface area contributed by atoms with E-state index in [2.05, 4.69) is 5.32 Å². The Kier molecular flexibility index (Phi) is 6.33. The number of nitrogens with one attached hydrogen (secondary N) is 1. The van der Waals surface area contributed by atoms with E-state index in [9.17, 15) is 13.6 Å². The van der Waals surface area contributed by atoms with Crippen molar-refractivity contribution < 1.29 is 18.3 Å². The fraction of sp³-hybridized carbons (Fsp3) is 0.588. The molecule has 1 aromatic rings. The van der Waals surface area contributed by atoms with Gasteiger partial charge in [-0.15, -0.1) is 0 Å². The Hall–Kier alpha value is -1.69. The fourth-order valence-electron chi connectivity index (χ4n) is 2.80. The van der Waals surface area contributed by atoms with Gasteiger partial charge in [0.25, 0.3) is 0 Å². The molecule has 0 saturated carbocycles. The molecule has 1 aliphatic rings. The maximum atomic E-state index is 13.7. The molecule has 23 heavy (non-hydrogen) atoms. The molecule has 0 unspecified atom stereocenters. The normalized spacial score (nSPS) is 19.0. The fourth-order valence-corrected chi connectivity index (χ4v) is 2.80. The molecule has 1 aliphatic heterocycles. The number of hydrogen-bond acceptors (Lipinski definition) is 2. The molecule has 2 atom stereocenters. The van der Waals surface area contributed by atoms with Crippen molar-refractivity contribution in [1.82, 2.24) is 10.2 Å². The van der Waals surface area contributed by atoms with Gasteiger partial charge in [0, 0.05) is 44.1 Å². The highest BCUT2D eigenvalue weighted by Gasteiger charge is 2.26. The Balaban J connectivity index is 1.80. The van der Waals surface area contributed by atoms with Crippen molar-refractivity contribution in [3.63, 3.8) is 0 Å².